The molecule has 0 aromatic rings. The topological polar surface area (TPSA) is 58.8 Å². The predicted octanol–water partition coefficient (Wildman–Crippen LogP) is 1.22. The molecule has 1 amide bonds. The van der Waals surface area contributed by atoms with E-state index in [9.17, 15) is 4.79 Å². The van der Waals surface area contributed by atoms with Gasteiger partial charge < -0.3 is 15.4 Å². The lowest BCUT2D eigenvalue weighted by molar-refractivity contribution is -0.138. The number of likely N-dealkylation sites (N-methyl/N-ethyl adjacent to an activating group) is 1. The van der Waals surface area contributed by atoms with E-state index in [1.54, 1.807) is 0 Å². The summed E-state index contributed by atoms with van der Waals surface area (Å²) in [6.07, 6.45) is 7.34. The van der Waals surface area contributed by atoms with Gasteiger partial charge in [0.15, 0.2) is 0 Å². The lowest BCUT2D eigenvalue weighted by Gasteiger charge is -2.43. The average Bonchev–Trinajstić information content (AvgIpc) is 2.79. The Morgan fingerprint density at radius 2 is 1.81 bits per heavy atom. The first kappa shape index (κ1) is 16.7. The molecule has 2 N–H and O–H groups in total. The Labute approximate surface area is 128 Å². The van der Waals surface area contributed by atoms with E-state index in [1.165, 1.54) is 25.7 Å². The third kappa shape index (κ3) is 4.18. The first-order chi connectivity index (χ1) is 10.2. The summed E-state index contributed by atoms with van der Waals surface area (Å²) in [7, 11) is 0. The molecule has 1 saturated heterocycles. The molecule has 1 heterocycles. The molecule has 0 atom stereocenters. The van der Waals surface area contributed by atoms with Crippen LogP contribution in [0.4, 0.5) is 0 Å². The normalized spacial score (nSPS) is 23.1. The van der Waals surface area contributed by atoms with E-state index in [-0.39, 0.29) is 11.4 Å². The number of rotatable bonds is 5. The van der Waals surface area contributed by atoms with Gasteiger partial charge in [-0.05, 0) is 19.4 Å². The van der Waals surface area contributed by atoms with Crippen molar-refractivity contribution in [2.75, 3.05) is 45.9 Å². The quantitative estimate of drug-likeness (QED) is 0.775. The van der Waals surface area contributed by atoms with E-state index in [0.29, 0.717) is 26.3 Å². The zero-order chi connectivity index (χ0) is 15.1. The fraction of sp³-hybridized carbons (Fsp3) is 0.938. The summed E-state index contributed by atoms with van der Waals surface area (Å²) in [4.78, 5) is 16.8. The second-order valence-corrected chi connectivity index (χ2v) is 6.35. The van der Waals surface area contributed by atoms with Crippen LogP contribution in [0.1, 0.15) is 45.4 Å². The van der Waals surface area contributed by atoms with E-state index in [2.05, 4.69) is 11.8 Å². The Kier molecular flexibility index (Phi) is 6.45. The first-order valence-electron chi connectivity index (χ1n) is 8.52. The van der Waals surface area contributed by atoms with Crippen LogP contribution in [-0.4, -0.2) is 67.2 Å². The Hall–Kier alpha value is -0.650. The van der Waals surface area contributed by atoms with E-state index >= 15 is 0 Å². The predicted molar refractivity (Wildman–Crippen MR) is 84.1 cm³/mol. The minimum atomic E-state index is 0.0349. The molecule has 0 bridgehead atoms. The number of carbonyl (C=O) groups is 1. The lowest BCUT2D eigenvalue weighted by atomic mass is 9.88. The lowest BCUT2D eigenvalue weighted by Crippen LogP contribution is -2.57. The number of carbonyl (C=O) groups excluding carboxylic acids is 1. The molecule has 2 rings (SSSR count). The van der Waals surface area contributed by atoms with Crippen molar-refractivity contribution >= 4 is 5.91 Å². The third-order valence-electron chi connectivity index (χ3n) is 5.16. The summed E-state index contributed by atoms with van der Waals surface area (Å²) in [5.74, 6) is 0.234. The van der Waals surface area contributed by atoms with Crippen molar-refractivity contribution in [1.82, 2.24) is 9.80 Å². The number of nitrogens with two attached hydrogens (primary N) is 1. The van der Waals surface area contributed by atoms with Gasteiger partial charge in [-0.15, -0.1) is 0 Å². The molecule has 0 unspecified atom stereocenters. The number of nitrogens with zero attached hydrogens (tertiary/aromatic N) is 2. The van der Waals surface area contributed by atoms with E-state index in [4.69, 9.17) is 10.5 Å². The van der Waals surface area contributed by atoms with E-state index < -0.39 is 0 Å². The van der Waals surface area contributed by atoms with Crippen molar-refractivity contribution in [1.29, 1.82) is 0 Å². The minimum Gasteiger partial charge on any atom is -0.378 e. The molecule has 1 aliphatic heterocycles. The number of hydrogen-bond acceptors (Lipinski definition) is 4. The monoisotopic (exact) mass is 297 g/mol. The molecule has 0 aromatic carbocycles. The molecular weight excluding hydrogens is 266 g/mol. The Bertz CT molecular complexity index is 321. The maximum atomic E-state index is 12.5. The third-order valence-corrected chi connectivity index (χ3v) is 5.16. The second-order valence-electron chi connectivity index (χ2n) is 6.35. The smallest absolute Gasteiger partial charge is 0.236 e. The van der Waals surface area contributed by atoms with Gasteiger partial charge in [0.2, 0.25) is 5.91 Å². The second kappa shape index (κ2) is 8.11. The highest BCUT2D eigenvalue weighted by Crippen LogP contribution is 2.31. The molecule has 1 saturated carbocycles. The minimum absolute atomic E-state index is 0.0349. The van der Waals surface area contributed by atoms with Crippen LogP contribution in [0.5, 0.6) is 0 Å². The van der Waals surface area contributed by atoms with Crippen LogP contribution < -0.4 is 5.73 Å². The van der Waals surface area contributed by atoms with Crippen LogP contribution in [0.15, 0.2) is 0 Å². The molecule has 2 aliphatic rings. The van der Waals surface area contributed by atoms with Crippen molar-refractivity contribution in [3.8, 4) is 0 Å². The number of ether oxygens (including phenoxy) is 1. The Morgan fingerprint density at radius 3 is 2.33 bits per heavy atom. The average molecular weight is 297 g/mol. The highest BCUT2D eigenvalue weighted by atomic mass is 16.5. The van der Waals surface area contributed by atoms with Crippen LogP contribution in [0.2, 0.25) is 0 Å². The molecule has 5 nitrogen and oxygen atoms in total. The Balaban J connectivity index is 2.00. The number of morpholine rings is 1. The molecule has 21 heavy (non-hydrogen) atoms. The van der Waals surface area contributed by atoms with Gasteiger partial charge in [-0.3, -0.25) is 9.69 Å². The van der Waals surface area contributed by atoms with Crippen molar-refractivity contribution in [2.45, 2.75) is 51.0 Å². The molecule has 2 fully saturated rings. The molecular formula is C16H31N3O2. The fourth-order valence-electron chi connectivity index (χ4n) is 3.73. The van der Waals surface area contributed by atoms with Gasteiger partial charge in [-0.1, -0.05) is 32.6 Å². The summed E-state index contributed by atoms with van der Waals surface area (Å²) in [6, 6.07) is 0. The fourth-order valence-corrected chi connectivity index (χ4v) is 3.73. The molecule has 0 aromatic heterocycles. The molecule has 0 spiro atoms. The largest absolute Gasteiger partial charge is 0.378 e. The van der Waals surface area contributed by atoms with Gasteiger partial charge >= 0.3 is 0 Å². The van der Waals surface area contributed by atoms with E-state index in [1.807, 2.05) is 4.90 Å². The van der Waals surface area contributed by atoms with Crippen LogP contribution in [0.25, 0.3) is 0 Å². The summed E-state index contributed by atoms with van der Waals surface area (Å²) < 4.78 is 5.33. The van der Waals surface area contributed by atoms with Crippen molar-refractivity contribution in [3.05, 3.63) is 0 Å². The molecule has 122 valence electrons. The van der Waals surface area contributed by atoms with Gasteiger partial charge in [0.05, 0.1) is 19.8 Å². The molecule has 1 aliphatic carbocycles. The highest BCUT2D eigenvalue weighted by Gasteiger charge is 2.36. The maximum absolute atomic E-state index is 12.5. The zero-order valence-corrected chi connectivity index (χ0v) is 13.5. The van der Waals surface area contributed by atoms with Crippen LogP contribution >= 0.6 is 0 Å². The molecule has 0 radical (unpaired) electrons. The Morgan fingerprint density at radius 1 is 1.19 bits per heavy atom. The summed E-state index contributed by atoms with van der Waals surface area (Å²) in [5, 5.41) is 0. The van der Waals surface area contributed by atoms with Gasteiger partial charge in [-0.2, -0.15) is 0 Å². The van der Waals surface area contributed by atoms with Crippen molar-refractivity contribution < 1.29 is 9.53 Å². The summed E-state index contributed by atoms with van der Waals surface area (Å²) >= 11 is 0. The number of hydrogen-bond donors (Lipinski definition) is 1. The maximum Gasteiger partial charge on any atom is 0.236 e. The molecule has 5 heteroatoms. The summed E-state index contributed by atoms with van der Waals surface area (Å²) in [6.45, 7) is 7.00. The van der Waals surface area contributed by atoms with Crippen LogP contribution in [0, 0.1) is 0 Å². The van der Waals surface area contributed by atoms with E-state index in [0.717, 1.165) is 32.5 Å². The first-order valence-corrected chi connectivity index (χ1v) is 8.52. The van der Waals surface area contributed by atoms with Crippen LogP contribution in [0.3, 0.4) is 0 Å². The van der Waals surface area contributed by atoms with Gasteiger partial charge in [-0.25, -0.2) is 0 Å². The van der Waals surface area contributed by atoms with Crippen molar-refractivity contribution in [3.63, 3.8) is 0 Å². The van der Waals surface area contributed by atoms with Gasteiger partial charge in [0.25, 0.3) is 0 Å². The zero-order valence-electron chi connectivity index (χ0n) is 13.5. The van der Waals surface area contributed by atoms with Crippen LogP contribution in [-0.2, 0) is 9.53 Å². The van der Waals surface area contributed by atoms with Crippen molar-refractivity contribution in [2.24, 2.45) is 5.73 Å². The SMILES string of the molecule is CCN(CC(=O)N1CCOCC1)C1(CN)CCCCCC1. The summed E-state index contributed by atoms with van der Waals surface area (Å²) in [5.41, 5.74) is 6.19. The van der Waals surface area contributed by atoms with Gasteiger partial charge in [0, 0.05) is 25.2 Å². The number of amides is 1. The highest BCUT2D eigenvalue weighted by molar-refractivity contribution is 5.78. The standard InChI is InChI=1S/C16H31N3O2/c1-2-19(13-15(20)18-9-11-21-12-10-18)16(14-17)7-5-3-4-6-8-16/h2-14,17H2,1H3. The van der Waals surface area contributed by atoms with Gasteiger partial charge in [0.1, 0.15) is 0 Å².